The highest BCUT2D eigenvalue weighted by atomic mass is 32.2. The summed E-state index contributed by atoms with van der Waals surface area (Å²) in [6, 6.07) is 1.89. The molecule has 0 aliphatic carbocycles. The molecule has 0 saturated carbocycles. The zero-order chi connectivity index (χ0) is 11.3. The van der Waals surface area contributed by atoms with E-state index in [0.29, 0.717) is 11.4 Å². The van der Waals surface area contributed by atoms with Gasteiger partial charge in [-0.3, -0.25) is 10.2 Å². The Morgan fingerprint density at radius 2 is 2.40 bits per heavy atom. The molecule has 5 N–H and O–H groups in total. The normalized spacial score (nSPS) is 10.3. The van der Waals surface area contributed by atoms with Crippen molar-refractivity contribution >= 4 is 29.0 Å². The molecule has 0 fully saturated rings. The van der Waals surface area contributed by atoms with Gasteiger partial charge in [-0.05, 0) is 18.6 Å². The Balaban J connectivity index is 2.64. The van der Waals surface area contributed by atoms with Gasteiger partial charge in [-0.15, -0.1) is 11.3 Å². The summed E-state index contributed by atoms with van der Waals surface area (Å²) in [5, 5.41) is 0. The first-order chi connectivity index (χ1) is 7.19. The third-order valence-corrected chi connectivity index (χ3v) is 4.03. The van der Waals surface area contributed by atoms with E-state index in [9.17, 15) is 4.79 Å². The van der Waals surface area contributed by atoms with Crippen LogP contribution in [0.1, 0.15) is 20.1 Å². The number of nitrogens with one attached hydrogen (secondary N) is 1. The summed E-state index contributed by atoms with van der Waals surface area (Å²) in [5.74, 6) is 6.68. The van der Waals surface area contributed by atoms with Gasteiger partial charge in [0.25, 0.3) is 5.91 Å². The standard InChI is InChI=1S/C9H15N3OS2/c1-6-7(5-14-3-2-10)4-8(15-6)9(13)12-11/h4H,2-3,5,10-11H2,1H3,(H,12,13). The predicted octanol–water partition coefficient (Wildman–Crippen LogP) is 0.852. The van der Waals surface area contributed by atoms with E-state index in [1.165, 1.54) is 16.9 Å². The number of hydrazine groups is 1. The number of thiophene rings is 1. The first kappa shape index (κ1) is 12.5. The van der Waals surface area contributed by atoms with Gasteiger partial charge in [0.05, 0.1) is 4.88 Å². The molecule has 0 aromatic carbocycles. The number of hydrogen-bond donors (Lipinski definition) is 3. The first-order valence-electron chi connectivity index (χ1n) is 4.57. The third kappa shape index (κ3) is 3.49. The van der Waals surface area contributed by atoms with Crippen LogP contribution in [0.4, 0.5) is 0 Å². The minimum absolute atomic E-state index is 0.224. The molecule has 0 radical (unpaired) electrons. The minimum atomic E-state index is -0.224. The van der Waals surface area contributed by atoms with E-state index in [2.05, 4.69) is 5.43 Å². The van der Waals surface area contributed by atoms with Gasteiger partial charge < -0.3 is 5.73 Å². The van der Waals surface area contributed by atoms with Crippen LogP contribution in [0.25, 0.3) is 0 Å². The second-order valence-corrected chi connectivity index (χ2v) is 5.37. The highest BCUT2D eigenvalue weighted by Crippen LogP contribution is 2.25. The summed E-state index contributed by atoms with van der Waals surface area (Å²) in [6.45, 7) is 2.69. The van der Waals surface area contributed by atoms with Crippen LogP contribution < -0.4 is 17.0 Å². The van der Waals surface area contributed by atoms with Crippen molar-refractivity contribution < 1.29 is 4.79 Å². The molecule has 6 heteroatoms. The molecule has 1 rings (SSSR count). The Labute approximate surface area is 97.4 Å². The lowest BCUT2D eigenvalue weighted by molar-refractivity contribution is 0.0957. The minimum Gasteiger partial charge on any atom is -0.330 e. The van der Waals surface area contributed by atoms with Crippen LogP contribution in [0.5, 0.6) is 0 Å². The highest BCUT2D eigenvalue weighted by molar-refractivity contribution is 7.98. The molecule has 0 saturated heterocycles. The van der Waals surface area contributed by atoms with Crippen molar-refractivity contribution in [2.24, 2.45) is 11.6 Å². The Kier molecular flexibility index (Phi) is 5.10. The molecule has 0 aliphatic rings. The zero-order valence-corrected chi connectivity index (χ0v) is 10.2. The summed E-state index contributed by atoms with van der Waals surface area (Å²) in [7, 11) is 0. The Hall–Kier alpha value is -0.560. The van der Waals surface area contributed by atoms with Gasteiger partial charge in [0.15, 0.2) is 0 Å². The van der Waals surface area contributed by atoms with E-state index in [4.69, 9.17) is 11.6 Å². The number of rotatable bonds is 5. The zero-order valence-electron chi connectivity index (χ0n) is 8.58. The third-order valence-electron chi connectivity index (χ3n) is 1.90. The quantitative estimate of drug-likeness (QED) is 0.311. The number of thioether (sulfide) groups is 1. The lowest BCUT2D eigenvalue weighted by Gasteiger charge is -1.97. The smallest absolute Gasteiger partial charge is 0.275 e. The molecule has 0 bridgehead atoms. The molecule has 1 aromatic heterocycles. The number of carbonyl (C=O) groups is 1. The summed E-state index contributed by atoms with van der Waals surface area (Å²) < 4.78 is 0. The molecule has 0 unspecified atom stereocenters. The van der Waals surface area contributed by atoms with Gasteiger partial charge in [-0.25, -0.2) is 5.84 Å². The Morgan fingerprint density at radius 1 is 1.67 bits per heavy atom. The number of aryl methyl sites for hydroxylation is 1. The number of nitrogen functional groups attached to an aromatic ring is 1. The Morgan fingerprint density at radius 3 is 3.00 bits per heavy atom. The SMILES string of the molecule is Cc1sc(C(=O)NN)cc1CSCCN. The molecule has 1 heterocycles. The topological polar surface area (TPSA) is 81.1 Å². The van der Waals surface area contributed by atoms with Crippen molar-refractivity contribution in [3.8, 4) is 0 Å². The Bertz CT molecular complexity index is 338. The molecular weight excluding hydrogens is 230 g/mol. The van der Waals surface area contributed by atoms with Gasteiger partial charge in [0.1, 0.15) is 0 Å². The molecular formula is C9H15N3OS2. The fraction of sp³-hybridized carbons (Fsp3) is 0.444. The number of hydrogen-bond acceptors (Lipinski definition) is 5. The van der Waals surface area contributed by atoms with E-state index in [0.717, 1.165) is 16.4 Å². The maximum absolute atomic E-state index is 11.3. The lowest BCUT2D eigenvalue weighted by Crippen LogP contribution is -2.29. The molecule has 84 valence electrons. The lowest BCUT2D eigenvalue weighted by atomic mass is 10.3. The average molecular weight is 245 g/mol. The summed E-state index contributed by atoms with van der Waals surface area (Å²) >= 11 is 3.24. The van der Waals surface area contributed by atoms with Gasteiger partial charge in [-0.2, -0.15) is 11.8 Å². The van der Waals surface area contributed by atoms with E-state index in [1.54, 1.807) is 11.8 Å². The first-order valence-corrected chi connectivity index (χ1v) is 6.54. The maximum atomic E-state index is 11.3. The summed E-state index contributed by atoms with van der Waals surface area (Å²) in [5.41, 5.74) is 8.73. The fourth-order valence-electron chi connectivity index (χ4n) is 1.11. The largest absolute Gasteiger partial charge is 0.330 e. The molecule has 0 spiro atoms. The molecule has 15 heavy (non-hydrogen) atoms. The van der Waals surface area contributed by atoms with Crippen molar-refractivity contribution in [2.45, 2.75) is 12.7 Å². The molecule has 4 nitrogen and oxygen atoms in total. The van der Waals surface area contributed by atoms with Crippen LogP contribution in [0.3, 0.4) is 0 Å². The maximum Gasteiger partial charge on any atom is 0.275 e. The van der Waals surface area contributed by atoms with Crippen molar-refractivity contribution in [1.82, 2.24) is 5.43 Å². The van der Waals surface area contributed by atoms with Crippen molar-refractivity contribution in [3.05, 3.63) is 21.4 Å². The molecule has 0 atom stereocenters. The predicted molar refractivity (Wildman–Crippen MR) is 65.9 cm³/mol. The highest BCUT2D eigenvalue weighted by Gasteiger charge is 2.10. The monoisotopic (exact) mass is 245 g/mol. The molecule has 1 aromatic rings. The molecule has 0 aliphatic heterocycles. The van der Waals surface area contributed by atoms with E-state index >= 15 is 0 Å². The number of amides is 1. The van der Waals surface area contributed by atoms with Crippen molar-refractivity contribution in [1.29, 1.82) is 0 Å². The van der Waals surface area contributed by atoms with E-state index in [1.807, 2.05) is 13.0 Å². The van der Waals surface area contributed by atoms with Gasteiger partial charge in [0, 0.05) is 22.9 Å². The van der Waals surface area contributed by atoms with Crippen LogP contribution >= 0.6 is 23.1 Å². The van der Waals surface area contributed by atoms with Crippen LogP contribution in [-0.4, -0.2) is 18.2 Å². The molecule has 1 amide bonds. The van der Waals surface area contributed by atoms with Crippen LogP contribution in [0.15, 0.2) is 6.07 Å². The van der Waals surface area contributed by atoms with Gasteiger partial charge >= 0.3 is 0 Å². The van der Waals surface area contributed by atoms with Gasteiger partial charge in [0.2, 0.25) is 0 Å². The van der Waals surface area contributed by atoms with E-state index < -0.39 is 0 Å². The number of nitrogens with two attached hydrogens (primary N) is 2. The second kappa shape index (κ2) is 6.12. The summed E-state index contributed by atoms with van der Waals surface area (Å²) in [6.07, 6.45) is 0. The summed E-state index contributed by atoms with van der Waals surface area (Å²) in [4.78, 5) is 13.1. The van der Waals surface area contributed by atoms with Crippen LogP contribution in [-0.2, 0) is 5.75 Å². The van der Waals surface area contributed by atoms with E-state index in [-0.39, 0.29) is 5.91 Å². The van der Waals surface area contributed by atoms with Crippen molar-refractivity contribution in [2.75, 3.05) is 12.3 Å². The number of carbonyl (C=O) groups excluding carboxylic acids is 1. The fourth-order valence-corrected chi connectivity index (χ4v) is 2.98. The van der Waals surface area contributed by atoms with Crippen LogP contribution in [0, 0.1) is 6.92 Å². The average Bonchev–Trinajstić information content (AvgIpc) is 2.60. The van der Waals surface area contributed by atoms with Gasteiger partial charge in [-0.1, -0.05) is 0 Å². The second-order valence-electron chi connectivity index (χ2n) is 3.01. The van der Waals surface area contributed by atoms with Crippen molar-refractivity contribution in [3.63, 3.8) is 0 Å². The van der Waals surface area contributed by atoms with Crippen LogP contribution in [0.2, 0.25) is 0 Å².